The molecule has 4 rings (SSSR count). The van der Waals surface area contributed by atoms with E-state index in [4.69, 9.17) is 5.73 Å². The molecule has 57 heavy (non-hydrogen) atoms. The molecule has 0 spiro atoms. The topological polar surface area (TPSA) is 286 Å². The molecule has 2 aromatic heterocycles. The van der Waals surface area contributed by atoms with E-state index in [-0.39, 0.29) is 70.5 Å². The van der Waals surface area contributed by atoms with Gasteiger partial charge in [0.05, 0.1) is 19.1 Å². The quantitative estimate of drug-likeness (QED) is 0.110. The van der Waals surface area contributed by atoms with Crippen molar-refractivity contribution in [2.45, 2.75) is 84.1 Å². The van der Waals surface area contributed by atoms with E-state index in [0.717, 1.165) is 0 Å². The molecule has 0 unspecified atom stereocenters. The van der Waals surface area contributed by atoms with Crippen molar-refractivity contribution in [3.63, 3.8) is 0 Å². The Kier molecular flexibility index (Phi) is 15.4. The number of carboxylic acid groups (broad SMARTS) is 1. The number of carbonyl (C=O) groups excluding carboxylic acids is 7. The zero-order valence-corrected chi connectivity index (χ0v) is 32.1. The smallest absolute Gasteiger partial charge is 0.305 e. The van der Waals surface area contributed by atoms with E-state index in [9.17, 15) is 43.5 Å². The first kappa shape index (κ1) is 43.1. The van der Waals surface area contributed by atoms with Crippen molar-refractivity contribution in [1.29, 1.82) is 0 Å². The summed E-state index contributed by atoms with van der Waals surface area (Å²) in [6.07, 6.45) is 5.75. The summed E-state index contributed by atoms with van der Waals surface area (Å²) in [6.45, 7) is 3.71. The standard InChI is InChI=1S/C37H49N11O9/c1-22(49)43-30(13-28-16-39-20-41-28)36(56)47-8-4-6-46(35(55)32(15-33(52)53)45-24(3)51)7-5-9-48(19-26-10-25(18-47)11-27(12-26)34(38)54)37(57)31(44-23(2)50)14-29-17-40-21-42-29/h10-12,16-17,20-21,30-32H,4-9,13-15,18-19H2,1-3H3,(H2,38,54)(H,39,41)(H,40,42)(H,43,49)(H,44,50)(H,45,51)(H,52,53)/t30-,31-,32-/m0/s1. The zero-order chi connectivity index (χ0) is 41.6. The number of fused-ring (bicyclic) bond motifs is 2. The maximum Gasteiger partial charge on any atom is 0.305 e. The molecule has 1 aliphatic rings. The number of aliphatic carboxylic acids is 1. The van der Waals surface area contributed by atoms with Crippen LogP contribution in [0.3, 0.4) is 0 Å². The number of H-pyrrole nitrogens is 2. The number of carboxylic acids is 1. The Morgan fingerprint density at radius 2 is 1.07 bits per heavy atom. The average Bonchev–Trinajstić information content (AvgIpc) is 3.85. The number of nitrogens with two attached hydrogens (primary N) is 1. The largest absolute Gasteiger partial charge is 0.481 e. The van der Waals surface area contributed by atoms with Crippen molar-refractivity contribution in [1.82, 2.24) is 50.6 Å². The molecule has 8 N–H and O–H groups in total. The van der Waals surface area contributed by atoms with Crippen LogP contribution in [0.5, 0.6) is 0 Å². The summed E-state index contributed by atoms with van der Waals surface area (Å²) < 4.78 is 0. The summed E-state index contributed by atoms with van der Waals surface area (Å²) >= 11 is 0. The van der Waals surface area contributed by atoms with Gasteiger partial charge in [-0.1, -0.05) is 6.07 Å². The van der Waals surface area contributed by atoms with Crippen molar-refractivity contribution >= 4 is 47.3 Å². The molecule has 0 radical (unpaired) electrons. The van der Waals surface area contributed by atoms with Crippen molar-refractivity contribution < 1.29 is 43.5 Å². The van der Waals surface area contributed by atoms with Crippen LogP contribution in [0.1, 0.15) is 72.9 Å². The third-order valence-electron chi connectivity index (χ3n) is 9.09. The molecule has 1 aliphatic heterocycles. The Morgan fingerprint density at radius 1 is 0.667 bits per heavy atom. The molecule has 1 aromatic carbocycles. The molecular formula is C37H49N11O9. The number of hydrogen-bond acceptors (Lipinski definition) is 10. The van der Waals surface area contributed by atoms with Crippen LogP contribution in [0, 0.1) is 0 Å². The Morgan fingerprint density at radius 3 is 1.44 bits per heavy atom. The lowest BCUT2D eigenvalue weighted by Crippen LogP contribution is -2.52. The van der Waals surface area contributed by atoms with Crippen LogP contribution in [0.4, 0.5) is 0 Å². The second kappa shape index (κ2) is 20.4. The number of hydrogen-bond donors (Lipinski definition) is 7. The van der Waals surface area contributed by atoms with Gasteiger partial charge in [-0.25, -0.2) is 9.97 Å². The first-order valence-electron chi connectivity index (χ1n) is 18.4. The highest BCUT2D eigenvalue weighted by Crippen LogP contribution is 2.19. The summed E-state index contributed by atoms with van der Waals surface area (Å²) in [5.41, 5.74) is 8.01. The highest BCUT2D eigenvalue weighted by atomic mass is 16.4. The lowest BCUT2D eigenvalue weighted by atomic mass is 10.0. The van der Waals surface area contributed by atoms with Crippen LogP contribution < -0.4 is 21.7 Å². The highest BCUT2D eigenvalue weighted by molar-refractivity contribution is 5.93. The van der Waals surface area contributed by atoms with Crippen molar-refractivity contribution in [3.05, 3.63) is 71.3 Å². The predicted octanol–water partition coefficient (Wildman–Crippen LogP) is -1.01. The summed E-state index contributed by atoms with van der Waals surface area (Å²) in [4.78, 5) is 122. The second-order valence-corrected chi connectivity index (χ2v) is 13.9. The molecule has 306 valence electrons. The number of aromatic amines is 2. The van der Waals surface area contributed by atoms with E-state index in [1.54, 1.807) is 6.07 Å². The summed E-state index contributed by atoms with van der Waals surface area (Å²) in [7, 11) is 0. The van der Waals surface area contributed by atoms with Crippen LogP contribution in [0.15, 0.2) is 43.2 Å². The SMILES string of the molecule is CC(=O)N[C@@H](CC(=O)O)C(=O)N1CCCN(C(=O)[C@H](Cc2cnc[nH]2)NC(C)=O)Cc2cc(cc(C(N)=O)c2)CN(C(=O)[C@H](Cc2cnc[nH]2)NC(C)=O)CCC1. The summed E-state index contributed by atoms with van der Waals surface area (Å²) in [6, 6.07) is 1.34. The van der Waals surface area contributed by atoms with Gasteiger partial charge in [0.15, 0.2) is 0 Å². The molecule has 0 saturated heterocycles. The third-order valence-corrected chi connectivity index (χ3v) is 9.09. The number of rotatable bonds is 13. The molecule has 20 nitrogen and oxygen atoms in total. The first-order chi connectivity index (χ1) is 27.1. The van der Waals surface area contributed by atoms with Crippen molar-refractivity contribution in [2.75, 3.05) is 26.2 Å². The summed E-state index contributed by atoms with van der Waals surface area (Å²) in [5.74, 6) is -5.20. The number of nitrogens with one attached hydrogen (secondary N) is 5. The molecular weight excluding hydrogens is 742 g/mol. The third kappa shape index (κ3) is 13.3. The molecule has 0 aliphatic carbocycles. The van der Waals surface area contributed by atoms with Gasteiger partial charge in [0.1, 0.15) is 18.1 Å². The molecule has 3 aromatic rings. The number of benzene rings is 1. The average molecular weight is 792 g/mol. The van der Waals surface area contributed by atoms with Crippen LogP contribution in [0.2, 0.25) is 0 Å². The van der Waals surface area contributed by atoms with E-state index < -0.39 is 71.9 Å². The molecule has 0 fully saturated rings. The minimum atomic E-state index is -1.39. The molecule has 7 amide bonds. The van der Waals surface area contributed by atoms with Crippen LogP contribution in [0.25, 0.3) is 0 Å². The monoisotopic (exact) mass is 791 g/mol. The van der Waals surface area contributed by atoms with Crippen LogP contribution in [-0.4, -0.2) is 131 Å². The number of nitrogens with zero attached hydrogens (tertiary/aromatic N) is 5. The number of imidazole rings is 2. The van der Waals surface area contributed by atoms with Gasteiger partial charge in [-0.05, 0) is 36.1 Å². The number of carbonyl (C=O) groups is 8. The van der Waals surface area contributed by atoms with E-state index in [0.29, 0.717) is 22.5 Å². The Hall–Kier alpha value is -6.60. The minimum Gasteiger partial charge on any atom is -0.481 e. The van der Waals surface area contributed by atoms with Crippen molar-refractivity contribution in [2.24, 2.45) is 5.73 Å². The summed E-state index contributed by atoms with van der Waals surface area (Å²) in [5, 5.41) is 17.4. The van der Waals surface area contributed by atoms with E-state index in [1.165, 1.54) is 72.7 Å². The molecule has 3 atom stereocenters. The lowest BCUT2D eigenvalue weighted by Gasteiger charge is -2.33. The highest BCUT2D eigenvalue weighted by Gasteiger charge is 2.31. The maximum atomic E-state index is 14.3. The number of amides is 7. The molecule has 2 bridgehead atoms. The molecule has 0 saturated carbocycles. The Labute approximate surface area is 328 Å². The van der Waals surface area contributed by atoms with E-state index in [2.05, 4.69) is 35.9 Å². The second-order valence-electron chi connectivity index (χ2n) is 13.9. The fourth-order valence-electron chi connectivity index (χ4n) is 6.70. The Balaban J connectivity index is 1.78. The number of primary amides is 1. The fourth-order valence-corrected chi connectivity index (χ4v) is 6.70. The van der Waals surface area contributed by atoms with Gasteiger partial charge in [-0.2, -0.15) is 0 Å². The molecule has 3 heterocycles. The van der Waals surface area contributed by atoms with Gasteiger partial charge >= 0.3 is 5.97 Å². The van der Waals surface area contributed by atoms with E-state index >= 15 is 0 Å². The van der Waals surface area contributed by atoms with Crippen LogP contribution >= 0.6 is 0 Å². The van der Waals surface area contributed by atoms with Gasteiger partial charge in [-0.3, -0.25) is 38.4 Å². The first-order valence-corrected chi connectivity index (χ1v) is 18.4. The normalized spacial score (nSPS) is 15.3. The van der Waals surface area contributed by atoms with Gasteiger partial charge < -0.3 is 51.5 Å². The van der Waals surface area contributed by atoms with Gasteiger partial charge in [0, 0.05) is 102 Å². The minimum absolute atomic E-state index is 0.0124. The predicted molar refractivity (Wildman–Crippen MR) is 201 cm³/mol. The van der Waals surface area contributed by atoms with Gasteiger partial charge in [0.25, 0.3) is 0 Å². The maximum absolute atomic E-state index is 14.3. The van der Waals surface area contributed by atoms with E-state index in [1.807, 2.05) is 0 Å². The zero-order valence-electron chi connectivity index (χ0n) is 32.1. The Bertz CT molecular complexity index is 1800. The fraction of sp³-hybridized carbons (Fsp3) is 0.459. The van der Waals surface area contributed by atoms with Gasteiger partial charge in [0.2, 0.25) is 41.4 Å². The lowest BCUT2D eigenvalue weighted by molar-refractivity contribution is -0.144. The van der Waals surface area contributed by atoms with Crippen molar-refractivity contribution in [3.8, 4) is 0 Å². The van der Waals surface area contributed by atoms with Gasteiger partial charge in [-0.15, -0.1) is 0 Å². The van der Waals surface area contributed by atoms with Crippen LogP contribution in [-0.2, 0) is 59.5 Å². The molecule has 20 heteroatoms. The number of aromatic nitrogens is 4.